The van der Waals surface area contributed by atoms with E-state index < -0.39 is 11.9 Å². The van der Waals surface area contributed by atoms with Crippen molar-refractivity contribution in [3.8, 4) is 6.26 Å². The Morgan fingerprint density at radius 1 is 1.50 bits per heavy atom. The molecule has 0 aliphatic rings. The summed E-state index contributed by atoms with van der Waals surface area (Å²) in [6.07, 6.45) is 3.03. The van der Waals surface area contributed by atoms with Crippen LogP contribution in [0, 0.1) is 17.4 Å². The van der Waals surface area contributed by atoms with Gasteiger partial charge in [0.25, 0.3) is 6.26 Å². The third-order valence-corrected chi connectivity index (χ3v) is 4.86. The third-order valence-electron chi connectivity index (χ3n) is 3.29. The molecule has 0 fully saturated rings. The minimum Gasteiger partial charge on any atom is -0.351 e. The number of thioether (sulfide) groups is 1. The normalized spacial score (nSPS) is 12.3. The summed E-state index contributed by atoms with van der Waals surface area (Å²) in [5, 5.41) is 12.1. The molecule has 6 nitrogen and oxygen atoms in total. The van der Waals surface area contributed by atoms with Gasteiger partial charge in [0, 0.05) is 16.7 Å². The SMILES string of the molecule is CC(CC(CCCN=[N+]=[N-])C(=O)OC#N)SC(=S)c1ccccc1. The van der Waals surface area contributed by atoms with Crippen LogP contribution in [-0.2, 0) is 9.53 Å². The minimum atomic E-state index is -0.545. The van der Waals surface area contributed by atoms with Crippen LogP contribution in [0.3, 0.4) is 0 Å². The van der Waals surface area contributed by atoms with Crippen LogP contribution < -0.4 is 0 Å². The number of carbonyl (C=O) groups excluding carboxylic acids is 1. The average molecular weight is 362 g/mol. The lowest BCUT2D eigenvalue weighted by Gasteiger charge is -2.18. The molecule has 0 bridgehead atoms. The molecule has 126 valence electrons. The second-order valence-electron chi connectivity index (χ2n) is 5.12. The van der Waals surface area contributed by atoms with E-state index in [2.05, 4.69) is 14.8 Å². The van der Waals surface area contributed by atoms with Gasteiger partial charge in [-0.2, -0.15) is 0 Å². The van der Waals surface area contributed by atoms with Crippen molar-refractivity contribution in [1.82, 2.24) is 0 Å². The highest BCUT2D eigenvalue weighted by molar-refractivity contribution is 8.24. The van der Waals surface area contributed by atoms with Gasteiger partial charge in [0.15, 0.2) is 0 Å². The monoisotopic (exact) mass is 362 g/mol. The molecule has 0 saturated heterocycles. The van der Waals surface area contributed by atoms with Gasteiger partial charge in [-0.25, -0.2) is 0 Å². The zero-order chi connectivity index (χ0) is 17.8. The van der Waals surface area contributed by atoms with Gasteiger partial charge in [0.2, 0.25) is 0 Å². The first-order valence-corrected chi connectivity index (χ1v) is 8.74. The first-order chi connectivity index (χ1) is 11.6. The van der Waals surface area contributed by atoms with Crippen molar-refractivity contribution in [3.63, 3.8) is 0 Å². The maximum Gasteiger partial charge on any atom is 0.324 e. The van der Waals surface area contributed by atoms with Crippen LogP contribution in [0.1, 0.15) is 31.7 Å². The lowest BCUT2D eigenvalue weighted by molar-refractivity contribution is -0.142. The third kappa shape index (κ3) is 7.47. The maximum absolute atomic E-state index is 11.9. The minimum absolute atomic E-state index is 0.0911. The Kier molecular flexibility index (Phi) is 9.54. The Bertz CT molecular complexity index is 639. The van der Waals surface area contributed by atoms with Gasteiger partial charge in [0.1, 0.15) is 0 Å². The van der Waals surface area contributed by atoms with Crippen LogP contribution in [0.4, 0.5) is 0 Å². The highest BCUT2D eigenvalue weighted by Gasteiger charge is 2.23. The number of esters is 1. The smallest absolute Gasteiger partial charge is 0.324 e. The molecule has 0 amide bonds. The van der Waals surface area contributed by atoms with Crippen molar-refractivity contribution >= 4 is 34.1 Å². The molecule has 2 unspecified atom stereocenters. The van der Waals surface area contributed by atoms with E-state index in [-0.39, 0.29) is 5.25 Å². The summed E-state index contributed by atoms with van der Waals surface area (Å²) in [7, 11) is 0. The predicted molar refractivity (Wildman–Crippen MR) is 98.3 cm³/mol. The quantitative estimate of drug-likeness (QED) is 0.121. The number of carbonyl (C=O) groups is 1. The van der Waals surface area contributed by atoms with E-state index >= 15 is 0 Å². The summed E-state index contributed by atoms with van der Waals surface area (Å²) in [4.78, 5) is 14.6. The summed E-state index contributed by atoms with van der Waals surface area (Å²) in [5.74, 6) is -0.962. The number of nitrogens with zero attached hydrogens (tertiary/aromatic N) is 4. The fourth-order valence-corrected chi connectivity index (χ4v) is 3.78. The molecule has 0 saturated carbocycles. The van der Waals surface area contributed by atoms with E-state index in [1.807, 2.05) is 37.3 Å². The first-order valence-electron chi connectivity index (χ1n) is 7.45. The highest BCUT2D eigenvalue weighted by Crippen LogP contribution is 2.26. The Morgan fingerprint density at radius 3 is 2.83 bits per heavy atom. The number of azide groups is 1. The summed E-state index contributed by atoms with van der Waals surface area (Å²) in [6, 6.07) is 9.68. The lowest BCUT2D eigenvalue weighted by Crippen LogP contribution is -2.20. The summed E-state index contributed by atoms with van der Waals surface area (Å²) < 4.78 is 5.24. The maximum atomic E-state index is 11.9. The molecule has 0 aliphatic carbocycles. The molecular weight excluding hydrogens is 344 g/mol. The van der Waals surface area contributed by atoms with Crippen LogP contribution in [0.25, 0.3) is 10.4 Å². The number of benzene rings is 1. The molecule has 24 heavy (non-hydrogen) atoms. The van der Waals surface area contributed by atoms with E-state index in [0.717, 1.165) is 9.76 Å². The van der Waals surface area contributed by atoms with Crippen molar-refractivity contribution in [3.05, 3.63) is 46.3 Å². The van der Waals surface area contributed by atoms with Gasteiger partial charge < -0.3 is 4.74 Å². The van der Waals surface area contributed by atoms with E-state index in [1.165, 1.54) is 18.0 Å². The molecule has 8 heteroatoms. The van der Waals surface area contributed by atoms with E-state index in [0.29, 0.717) is 25.8 Å². The molecule has 0 radical (unpaired) electrons. The van der Waals surface area contributed by atoms with Gasteiger partial charge in [-0.3, -0.25) is 4.79 Å². The molecule has 1 aromatic rings. The second-order valence-corrected chi connectivity index (χ2v) is 7.24. The standard InChI is InChI=1S/C16H18N4O2S2/c1-12(24-16(23)13-6-3-2-4-7-13)10-14(15(21)22-11-17)8-5-9-19-20-18/h2-4,6-7,12,14H,5,8-10H2,1H3. The van der Waals surface area contributed by atoms with Gasteiger partial charge in [-0.05, 0) is 30.4 Å². The number of hydrogen-bond acceptors (Lipinski definition) is 6. The molecule has 0 aliphatic heterocycles. The van der Waals surface area contributed by atoms with Gasteiger partial charge in [-0.15, -0.1) is 17.0 Å². The van der Waals surface area contributed by atoms with Crippen molar-refractivity contribution in [2.24, 2.45) is 11.0 Å². The fourth-order valence-electron chi connectivity index (χ4n) is 2.19. The number of rotatable bonds is 9. The summed E-state index contributed by atoms with van der Waals surface area (Å²) in [5.41, 5.74) is 9.26. The molecular formula is C16H18N4O2S2. The van der Waals surface area contributed by atoms with E-state index in [4.69, 9.17) is 23.0 Å². The van der Waals surface area contributed by atoms with Crippen LogP contribution in [0.5, 0.6) is 0 Å². The van der Waals surface area contributed by atoms with Crippen LogP contribution in [-0.4, -0.2) is 22.0 Å². The Morgan fingerprint density at radius 2 is 2.21 bits per heavy atom. The van der Waals surface area contributed by atoms with Crippen molar-refractivity contribution in [2.75, 3.05) is 6.54 Å². The topological polar surface area (TPSA) is 98.9 Å². The number of hydrogen-bond donors (Lipinski definition) is 0. The number of ether oxygens (including phenoxy) is 1. The second kappa shape index (κ2) is 11.5. The zero-order valence-corrected chi connectivity index (χ0v) is 14.9. The number of nitriles is 1. The Hall–Kier alpha value is -2.07. The van der Waals surface area contributed by atoms with E-state index in [1.54, 1.807) is 0 Å². The van der Waals surface area contributed by atoms with Gasteiger partial charge in [-0.1, -0.05) is 54.6 Å². The summed E-state index contributed by atoms with van der Waals surface area (Å²) >= 11 is 6.95. The van der Waals surface area contributed by atoms with Crippen LogP contribution in [0.2, 0.25) is 0 Å². The Labute approximate surface area is 150 Å². The van der Waals surface area contributed by atoms with Crippen molar-refractivity contribution in [2.45, 2.75) is 31.4 Å². The predicted octanol–water partition coefficient (Wildman–Crippen LogP) is 4.60. The highest BCUT2D eigenvalue weighted by atomic mass is 32.2. The first kappa shape index (κ1) is 20.0. The fraction of sp³-hybridized carbons (Fsp3) is 0.438. The van der Waals surface area contributed by atoms with Crippen LogP contribution in [0.15, 0.2) is 35.4 Å². The van der Waals surface area contributed by atoms with Gasteiger partial charge in [0.05, 0.1) is 10.1 Å². The van der Waals surface area contributed by atoms with Gasteiger partial charge >= 0.3 is 5.97 Å². The lowest BCUT2D eigenvalue weighted by atomic mass is 9.98. The molecule has 0 N–H and O–H groups in total. The molecule has 0 heterocycles. The average Bonchev–Trinajstić information content (AvgIpc) is 2.58. The molecule has 2 atom stereocenters. The van der Waals surface area contributed by atoms with Crippen LogP contribution >= 0.6 is 24.0 Å². The van der Waals surface area contributed by atoms with E-state index in [9.17, 15) is 4.79 Å². The molecule has 1 aromatic carbocycles. The Balaban J connectivity index is 2.60. The number of thiocarbonyl (C=S) groups is 1. The summed E-state index contributed by atoms with van der Waals surface area (Å²) in [6.45, 7) is 2.30. The molecule has 1 rings (SSSR count). The molecule has 0 spiro atoms. The molecule has 0 aromatic heterocycles. The largest absolute Gasteiger partial charge is 0.351 e. The zero-order valence-electron chi connectivity index (χ0n) is 13.3. The van der Waals surface area contributed by atoms with Crippen molar-refractivity contribution < 1.29 is 9.53 Å². The van der Waals surface area contributed by atoms with Crippen molar-refractivity contribution in [1.29, 1.82) is 5.26 Å².